The SMILES string of the molecule is CCn1nncc1C(N)C1CCC(C(C)C)CC1. The lowest BCUT2D eigenvalue weighted by atomic mass is 9.74. The van der Waals surface area contributed by atoms with Gasteiger partial charge in [-0.1, -0.05) is 19.1 Å². The van der Waals surface area contributed by atoms with E-state index in [1.54, 1.807) is 0 Å². The van der Waals surface area contributed by atoms with E-state index in [2.05, 4.69) is 31.1 Å². The summed E-state index contributed by atoms with van der Waals surface area (Å²) >= 11 is 0. The summed E-state index contributed by atoms with van der Waals surface area (Å²) in [5.74, 6) is 2.30. The predicted molar refractivity (Wildman–Crippen MR) is 72.9 cm³/mol. The Morgan fingerprint density at radius 3 is 2.44 bits per heavy atom. The van der Waals surface area contributed by atoms with Gasteiger partial charge < -0.3 is 5.73 Å². The summed E-state index contributed by atoms with van der Waals surface area (Å²) in [4.78, 5) is 0. The van der Waals surface area contributed by atoms with E-state index in [1.807, 2.05) is 10.9 Å². The van der Waals surface area contributed by atoms with Gasteiger partial charge in [0.05, 0.1) is 17.9 Å². The zero-order chi connectivity index (χ0) is 13.1. The van der Waals surface area contributed by atoms with Crippen LogP contribution in [0.1, 0.15) is 58.2 Å². The van der Waals surface area contributed by atoms with E-state index in [0.29, 0.717) is 5.92 Å². The number of rotatable bonds is 4. The predicted octanol–water partition coefficient (Wildman–Crippen LogP) is 2.76. The normalized spacial score (nSPS) is 26.5. The largest absolute Gasteiger partial charge is 0.322 e. The molecule has 2 rings (SSSR count). The molecule has 0 aromatic carbocycles. The van der Waals surface area contributed by atoms with Crippen LogP contribution in [0, 0.1) is 17.8 Å². The molecule has 1 heterocycles. The number of aryl methyl sites for hydroxylation is 1. The van der Waals surface area contributed by atoms with Crippen molar-refractivity contribution in [2.45, 2.75) is 59.0 Å². The second kappa shape index (κ2) is 5.83. The van der Waals surface area contributed by atoms with Crippen LogP contribution in [-0.2, 0) is 6.54 Å². The first-order valence-corrected chi connectivity index (χ1v) is 7.27. The Bertz CT molecular complexity index is 364. The first kappa shape index (κ1) is 13.5. The van der Waals surface area contributed by atoms with Gasteiger partial charge in [-0.2, -0.15) is 0 Å². The standard InChI is InChI=1S/C14H26N4/c1-4-18-13(9-16-17-18)14(15)12-7-5-11(6-8-12)10(2)3/h9-12,14H,4-8,15H2,1-3H3. The van der Waals surface area contributed by atoms with E-state index in [9.17, 15) is 0 Å². The lowest BCUT2D eigenvalue weighted by Gasteiger charge is -2.33. The lowest BCUT2D eigenvalue weighted by Crippen LogP contribution is -2.29. The molecule has 0 saturated heterocycles. The summed E-state index contributed by atoms with van der Waals surface area (Å²) in [6.07, 6.45) is 6.98. The van der Waals surface area contributed by atoms with Crippen molar-refractivity contribution in [3.05, 3.63) is 11.9 Å². The van der Waals surface area contributed by atoms with Crippen LogP contribution in [0.5, 0.6) is 0 Å². The van der Waals surface area contributed by atoms with Gasteiger partial charge in [0.1, 0.15) is 0 Å². The van der Waals surface area contributed by atoms with Crippen LogP contribution in [0.2, 0.25) is 0 Å². The maximum Gasteiger partial charge on any atom is 0.0757 e. The van der Waals surface area contributed by atoms with Crippen LogP contribution in [0.15, 0.2) is 6.20 Å². The van der Waals surface area contributed by atoms with Gasteiger partial charge in [-0.05, 0) is 50.4 Å². The Labute approximate surface area is 110 Å². The van der Waals surface area contributed by atoms with Crippen LogP contribution in [0.3, 0.4) is 0 Å². The van der Waals surface area contributed by atoms with E-state index in [4.69, 9.17) is 5.73 Å². The van der Waals surface area contributed by atoms with Gasteiger partial charge in [-0.15, -0.1) is 5.10 Å². The van der Waals surface area contributed by atoms with E-state index in [1.165, 1.54) is 25.7 Å². The van der Waals surface area contributed by atoms with Crippen LogP contribution in [0.4, 0.5) is 0 Å². The molecule has 1 aromatic rings. The van der Waals surface area contributed by atoms with Crippen molar-refractivity contribution >= 4 is 0 Å². The molecule has 1 saturated carbocycles. The van der Waals surface area contributed by atoms with E-state index in [-0.39, 0.29) is 6.04 Å². The third-order valence-corrected chi connectivity index (χ3v) is 4.56. The average molecular weight is 250 g/mol. The van der Waals surface area contributed by atoms with Crippen molar-refractivity contribution < 1.29 is 0 Å². The lowest BCUT2D eigenvalue weighted by molar-refractivity contribution is 0.200. The van der Waals surface area contributed by atoms with Gasteiger partial charge in [-0.3, -0.25) is 0 Å². The molecule has 18 heavy (non-hydrogen) atoms. The minimum absolute atomic E-state index is 0.105. The van der Waals surface area contributed by atoms with Crippen molar-refractivity contribution in [3.63, 3.8) is 0 Å². The first-order valence-electron chi connectivity index (χ1n) is 7.27. The van der Waals surface area contributed by atoms with Gasteiger partial charge in [0.2, 0.25) is 0 Å². The molecule has 0 bridgehead atoms. The van der Waals surface area contributed by atoms with Gasteiger partial charge >= 0.3 is 0 Å². The minimum atomic E-state index is 0.105. The second-order valence-corrected chi connectivity index (χ2v) is 5.92. The molecule has 1 aromatic heterocycles. The maximum absolute atomic E-state index is 6.41. The molecule has 0 amide bonds. The quantitative estimate of drug-likeness (QED) is 0.894. The van der Waals surface area contributed by atoms with Crippen molar-refractivity contribution in [2.75, 3.05) is 0 Å². The van der Waals surface area contributed by atoms with E-state index >= 15 is 0 Å². The fraction of sp³-hybridized carbons (Fsp3) is 0.857. The number of nitrogens with two attached hydrogens (primary N) is 1. The Hall–Kier alpha value is -0.900. The van der Waals surface area contributed by atoms with Crippen molar-refractivity contribution in [3.8, 4) is 0 Å². The fourth-order valence-electron chi connectivity index (χ4n) is 3.18. The van der Waals surface area contributed by atoms with Crippen LogP contribution < -0.4 is 5.73 Å². The summed E-state index contributed by atoms with van der Waals surface area (Å²) in [5.41, 5.74) is 7.51. The Morgan fingerprint density at radius 1 is 1.28 bits per heavy atom. The van der Waals surface area contributed by atoms with Crippen molar-refractivity contribution in [2.24, 2.45) is 23.5 Å². The number of hydrogen-bond donors (Lipinski definition) is 1. The third-order valence-electron chi connectivity index (χ3n) is 4.56. The van der Waals surface area contributed by atoms with Crippen LogP contribution >= 0.6 is 0 Å². The van der Waals surface area contributed by atoms with Gasteiger partial charge in [0, 0.05) is 6.54 Å². The molecule has 1 unspecified atom stereocenters. The smallest absolute Gasteiger partial charge is 0.0757 e. The van der Waals surface area contributed by atoms with Gasteiger partial charge in [0.25, 0.3) is 0 Å². The molecule has 0 spiro atoms. The molecule has 1 aliphatic carbocycles. The highest BCUT2D eigenvalue weighted by Gasteiger charge is 2.29. The molecule has 2 N–H and O–H groups in total. The Balaban J connectivity index is 1.97. The molecule has 1 atom stereocenters. The van der Waals surface area contributed by atoms with Crippen LogP contribution in [0.25, 0.3) is 0 Å². The number of hydrogen-bond acceptors (Lipinski definition) is 3. The average Bonchev–Trinajstić information content (AvgIpc) is 2.86. The Kier molecular flexibility index (Phi) is 4.38. The second-order valence-electron chi connectivity index (χ2n) is 5.92. The van der Waals surface area contributed by atoms with Crippen molar-refractivity contribution in [1.82, 2.24) is 15.0 Å². The Morgan fingerprint density at radius 2 is 1.89 bits per heavy atom. The highest BCUT2D eigenvalue weighted by molar-refractivity contribution is 5.04. The fourth-order valence-corrected chi connectivity index (χ4v) is 3.18. The molecule has 102 valence electrons. The van der Waals surface area contributed by atoms with E-state index in [0.717, 1.165) is 24.1 Å². The molecule has 0 radical (unpaired) electrons. The maximum atomic E-state index is 6.41. The summed E-state index contributed by atoms with van der Waals surface area (Å²) in [7, 11) is 0. The molecule has 4 nitrogen and oxygen atoms in total. The molecular formula is C14H26N4. The van der Waals surface area contributed by atoms with Crippen molar-refractivity contribution in [1.29, 1.82) is 0 Å². The summed E-state index contributed by atoms with van der Waals surface area (Å²) in [6.45, 7) is 7.60. The summed E-state index contributed by atoms with van der Waals surface area (Å²) in [6, 6.07) is 0.105. The highest BCUT2D eigenvalue weighted by atomic mass is 15.4. The van der Waals surface area contributed by atoms with Gasteiger partial charge in [-0.25, -0.2) is 4.68 Å². The molecule has 1 aliphatic rings. The molecule has 4 heteroatoms. The van der Waals surface area contributed by atoms with E-state index < -0.39 is 0 Å². The van der Waals surface area contributed by atoms with Crippen LogP contribution in [-0.4, -0.2) is 15.0 Å². The number of nitrogens with zero attached hydrogens (tertiary/aromatic N) is 3. The zero-order valence-corrected chi connectivity index (χ0v) is 11.8. The topological polar surface area (TPSA) is 56.7 Å². The first-order chi connectivity index (χ1) is 8.63. The van der Waals surface area contributed by atoms with Gasteiger partial charge in [0.15, 0.2) is 0 Å². The summed E-state index contributed by atoms with van der Waals surface area (Å²) in [5, 5.41) is 8.07. The number of aromatic nitrogens is 3. The molecule has 1 fully saturated rings. The minimum Gasteiger partial charge on any atom is -0.322 e. The summed E-state index contributed by atoms with van der Waals surface area (Å²) < 4.78 is 1.93. The highest BCUT2D eigenvalue weighted by Crippen LogP contribution is 2.38. The zero-order valence-electron chi connectivity index (χ0n) is 11.8. The molecular weight excluding hydrogens is 224 g/mol. The molecule has 0 aliphatic heterocycles. The third kappa shape index (κ3) is 2.74. The monoisotopic (exact) mass is 250 g/mol.